The first kappa shape index (κ1) is 19.3. The van der Waals surface area contributed by atoms with E-state index in [1.54, 1.807) is 4.68 Å². The van der Waals surface area contributed by atoms with Crippen LogP contribution in [0.3, 0.4) is 0 Å². The number of hydrogen-bond donors (Lipinski definition) is 1. The number of rotatable bonds is 3. The number of anilines is 2. The normalized spacial score (nSPS) is 12.8. The lowest BCUT2D eigenvalue weighted by atomic mass is 9.99. The minimum atomic E-state index is 0. The zero-order valence-electron chi connectivity index (χ0n) is 13.1. The summed E-state index contributed by atoms with van der Waals surface area (Å²) in [5, 5.41) is 4.13. The summed E-state index contributed by atoms with van der Waals surface area (Å²) < 4.78 is 1.76. The van der Waals surface area contributed by atoms with Gasteiger partial charge in [-0.3, -0.25) is 9.48 Å². The maximum absolute atomic E-state index is 12.5. The Morgan fingerprint density at radius 2 is 2.13 bits per heavy atom. The fourth-order valence-electron chi connectivity index (χ4n) is 2.90. The number of nitrogen functional groups attached to an aromatic ring is 1. The van der Waals surface area contributed by atoms with Gasteiger partial charge in [0.05, 0.1) is 6.20 Å². The number of aryl methyl sites for hydroxylation is 2. The number of nitrogens with two attached hydrogens (primary N) is 1. The van der Waals surface area contributed by atoms with E-state index >= 15 is 0 Å². The van der Waals surface area contributed by atoms with E-state index in [4.69, 9.17) is 5.73 Å². The van der Waals surface area contributed by atoms with E-state index in [0.717, 1.165) is 48.3 Å². The molecule has 0 saturated heterocycles. The Morgan fingerprint density at radius 1 is 1.35 bits per heavy atom. The second kappa shape index (κ2) is 8.22. The Hall–Kier alpha value is -1.72. The van der Waals surface area contributed by atoms with E-state index in [0.29, 0.717) is 6.42 Å². The van der Waals surface area contributed by atoms with Crippen molar-refractivity contribution in [3.05, 3.63) is 41.7 Å². The molecule has 126 valence electrons. The zero-order chi connectivity index (χ0) is 14.8. The lowest BCUT2D eigenvalue weighted by molar-refractivity contribution is -0.118. The lowest BCUT2D eigenvalue weighted by Crippen LogP contribution is -2.35. The third-order valence-corrected chi connectivity index (χ3v) is 3.97. The van der Waals surface area contributed by atoms with E-state index in [9.17, 15) is 4.79 Å². The van der Waals surface area contributed by atoms with Crippen LogP contribution in [-0.4, -0.2) is 22.2 Å². The standard InChI is InChI=1S/C16H20N4O.2ClH/c1-19-11-12(10-18-19)7-8-16(21)20-9-3-4-13-14(17)5-2-6-15(13)20;;/h2,5-6,10-11H,3-4,7-9,17H2,1H3;2*1H. The smallest absolute Gasteiger partial charge is 0.227 e. The monoisotopic (exact) mass is 356 g/mol. The second-order valence-electron chi connectivity index (χ2n) is 5.52. The second-order valence-corrected chi connectivity index (χ2v) is 5.52. The summed E-state index contributed by atoms with van der Waals surface area (Å²) in [5.74, 6) is 0.158. The molecule has 0 spiro atoms. The van der Waals surface area contributed by atoms with Crippen molar-refractivity contribution in [1.82, 2.24) is 9.78 Å². The Bertz CT molecular complexity index is 672. The molecule has 2 heterocycles. The number of carbonyl (C=O) groups excluding carboxylic acids is 1. The van der Waals surface area contributed by atoms with Gasteiger partial charge in [-0.1, -0.05) is 6.07 Å². The number of nitrogens with zero attached hydrogens (tertiary/aromatic N) is 3. The van der Waals surface area contributed by atoms with Gasteiger partial charge < -0.3 is 10.6 Å². The Balaban J connectivity index is 0.00000132. The van der Waals surface area contributed by atoms with E-state index < -0.39 is 0 Å². The molecule has 0 saturated carbocycles. The molecule has 1 aliphatic heterocycles. The number of fused-ring (bicyclic) bond motifs is 1. The molecule has 5 nitrogen and oxygen atoms in total. The van der Waals surface area contributed by atoms with Crippen LogP contribution in [0.1, 0.15) is 24.0 Å². The molecule has 1 aromatic carbocycles. The van der Waals surface area contributed by atoms with Gasteiger partial charge in [0.1, 0.15) is 0 Å². The van der Waals surface area contributed by atoms with Gasteiger partial charge in [-0.2, -0.15) is 5.10 Å². The third kappa shape index (κ3) is 4.18. The number of aromatic nitrogens is 2. The van der Waals surface area contributed by atoms with Crippen LogP contribution in [0.15, 0.2) is 30.6 Å². The highest BCUT2D eigenvalue weighted by Crippen LogP contribution is 2.31. The zero-order valence-corrected chi connectivity index (χ0v) is 14.7. The third-order valence-electron chi connectivity index (χ3n) is 3.97. The number of benzene rings is 1. The van der Waals surface area contributed by atoms with Crippen molar-refractivity contribution < 1.29 is 4.79 Å². The van der Waals surface area contributed by atoms with Crippen LogP contribution in [0.5, 0.6) is 0 Å². The molecule has 0 fully saturated rings. The van der Waals surface area contributed by atoms with Gasteiger partial charge in [0, 0.05) is 37.6 Å². The summed E-state index contributed by atoms with van der Waals surface area (Å²) >= 11 is 0. The number of hydrogen-bond acceptors (Lipinski definition) is 3. The fraction of sp³-hybridized carbons (Fsp3) is 0.375. The number of carbonyl (C=O) groups is 1. The highest BCUT2D eigenvalue weighted by Gasteiger charge is 2.23. The molecule has 0 radical (unpaired) electrons. The van der Waals surface area contributed by atoms with Crippen molar-refractivity contribution in [3.8, 4) is 0 Å². The Morgan fingerprint density at radius 3 is 2.83 bits per heavy atom. The molecule has 3 rings (SSSR count). The maximum atomic E-state index is 12.5. The molecule has 23 heavy (non-hydrogen) atoms. The molecule has 1 amide bonds. The van der Waals surface area contributed by atoms with Crippen LogP contribution in [-0.2, 0) is 24.7 Å². The summed E-state index contributed by atoms with van der Waals surface area (Å²) in [7, 11) is 1.88. The minimum absolute atomic E-state index is 0. The van der Waals surface area contributed by atoms with Crippen molar-refractivity contribution in [2.75, 3.05) is 17.2 Å². The highest BCUT2D eigenvalue weighted by molar-refractivity contribution is 5.95. The molecule has 0 bridgehead atoms. The van der Waals surface area contributed by atoms with Crippen LogP contribution >= 0.6 is 24.8 Å². The molecule has 0 aliphatic carbocycles. The number of amides is 1. The van der Waals surface area contributed by atoms with Gasteiger partial charge in [0.2, 0.25) is 5.91 Å². The summed E-state index contributed by atoms with van der Waals surface area (Å²) in [6, 6.07) is 5.82. The van der Waals surface area contributed by atoms with Gasteiger partial charge in [-0.05, 0) is 42.5 Å². The fourth-order valence-corrected chi connectivity index (χ4v) is 2.90. The van der Waals surface area contributed by atoms with Crippen LogP contribution in [0.25, 0.3) is 0 Å². The predicted octanol–water partition coefficient (Wildman–Crippen LogP) is 2.76. The molecular formula is C16H22Cl2N4O. The molecule has 0 atom stereocenters. The highest BCUT2D eigenvalue weighted by atomic mass is 35.5. The summed E-state index contributed by atoms with van der Waals surface area (Å²) in [4.78, 5) is 14.4. The van der Waals surface area contributed by atoms with Gasteiger partial charge in [-0.15, -0.1) is 24.8 Å². The molecule has 7 heteroatoms. The van der Waals surface area contributed by atoms with Crippen LogP contribution in [0.2, 0.25) is 0 Å². The topological polar surface area (TPSA) is 64.2 Å². The maximum Gasteiger partial charge on any atom is 0.227 e. The summed E-state index contributed by atoms with van der Waals surface area (Å²) in [6.45, 7) is 0.780. The minimum Gasteiger partial charge on any atom is -0.398 e. The molecule has 1 aliphatic rings. The van der Waals surface area contributed by atoms with Crippen molar-refractivity contribution >= 4 is 42.1 Å². The first-order chi connectivity index (χ1) is 10.1. The van der Waals surface area contributed by atoms with Gasteiger partial charge in [0.25, 0.3) is 0 Å². The number of halogens is 2. The van der Waals surface area contributed by atoms with Crippen molar-refractivity contribution in [2.45, 2.75) is 25.7 Å². The first-order valence-corrected chi connectivity index (χ1v) is 7.30. The lowest BCUT2D eigenvalue weighted by Gasteiger charge is -2.30. The average molecular weight is 357 g/mol. The Labute approximate surface area is 148 Å². The van der Waals surface area contributed by atoms with E-state index in [-0.39, 0.29) is 30.7 Å². The largest absolute Gasteiger partial charge is 0.398 e. The van der Waals surface area contributed by atoms with E-state index in [2.05, 4.69) is 5.10 Å². The summed E-state index contributed by atoms with van der Waals surface area (Å²) in [5.41, 5.74) is 10.00. The summed E-state index contributed by atoms with van der Waals surface area (Å²) in [6.07, 6.45) is 6.92. The molecule has 0 unspecified atom stereocenters. The van der Waals surface area contributed by atoms with E-state index in [1.165, 1.54) is 0 Å². The van der Waals surface area contributed by atoms with Crippen LogP contribution in [0, 0.1) is 0 Å². The van der Waals surface area contributed by atoms with Crippen molar-refractivity contribution in [1.29, 1.82) is 0 Å². The average Bonchev–Trinajstić information content (AvgIpc) is 2.90. The first-order valence-electron chi connectivity index (χ1n) is 7.30. The van der Waals surface area contributed by atoms with Gasteiger partial charge in [-0.25, -0.2) is 0 Å². The van der Waals surface area contributed by atoms with Crippen molar-refractivity contribution in [2.24, 2.45) is 7.05 Å². The molecule has 2 aromatic rings. The van der Waals surface area contributed by atoms with Crippen molar-refractivity contribution in [3.63, 3.8) is 0 Å². The van der Waals surface area contributed by atoms with E-state index in [1.807, 2.05) is 42.5 Å². The molecular weight excluding hydrogens is 335 g/mol. The van der Waals surface area contributed by atoms with Gasteiger partial charge >= 0.3 is 0 Å². The molecule has 2 N–H and O–H groups in total. The molecule has 1 aromatic heterocycles. The Kier molecular flexibility index (Phi) is 6.91. The van der Waals surface area contributed by atoms with Gasteiger partial charge in [0.15, 0.2) is 0 Å². The quantitative estimate of drug-likeness (QED) is 0.859. The van der Waals surface area contributed by atoms with Crippen LogP contribution in [0.4, 0.5) is 11.4 Å². The SMILES string of the molecule is Cl.Cl.Cn1cc(CCC(=O)N2CCCc3c(N)cccc32)cn1. The predicted molar refractivity (Wildman–Crippen MR) is 97.6 cm³/mol. The van der Waals surface area contributed by atoms with Crippen LogP contribution < -0.4 is 10.6 Å².